The van der Waals surface area contributed by atoms with E-state index in [9.17, 15) is 9.59 Å². The molecule has 0 heterocycles. The number of carbonyl (C=O) groups excluding carboxylic acids is 1. The molecule has 0 bridgehead atoms. The van der Waals surface area contributed by atoms with Crippen LogP contribution in [-0.4, -0.2) is 23.5 Å². The van der Waals surface area contributed by atoms with Crippen LogP contribution in [0.3, 0.4) is 0 Å². The number of hydrogen-bond acceptors (Lipinski definition) is 2. The molecule has 0 saturated heterocycles. The second kappa shape index (κ2) is 7.65. The van der Waals surface area contributed by atoms with Gasteiger partial charge in [-0.15, -0.1) is 0 Å². The third-order valence-corrected chi connectivity index (χ3v) is 4.49. The first kappa shape index (κ1) is 17.0. The largest absolute Gasteiger partial charge is 0.481 e. The van der Waals surface area contributed by atoms with E-state index in [1.165, 1.54) is 32.1 Å². The summed E-state index contributed by atoms with van der Waals surface area (Å²) in [6.45, 7) is 5.79. The molecule has 116 valence electrons. The van der Waals surface area contributed by atoms with Gasteiger partial charge in [0.25, 0.3) is 0 Å². The third kappa shape index (κ3) is 5.51. The number of rotatable bonds is 7. The van der Waals surface area contributed by atoms with Gasteiger partial charge >= 0.3 is 5.97 Å². The minimum atomic E-state index is -0.818. The second-order valence-electron chi connectivity index (χ2n) is 6.87. The van der Waals surface area contributed by atoms with E-state index in [2.05, 4.69) is 5.32 Å². The van der Waals surface area contributed by atoms with Crippen molar-refractivity contribution in [2.75, 3.05) is 6.54 Å². The average Bonchev–Trinajstić information content (AvgIpc) is 2.39. The van der Waals surface area contributed by atoms with Crippen LogP contribution in [-0.2, 0) is 9.59 Å². The Morgan fingerprint density at radius 2 is 1.85 bits per heavy atom. The van der Waals surface area contributed by atoms with Crippen molar-refractivity contribution in [3.63, 3.8) is 0 Å². The van der Waals surface area contributed by atoms with E-state index < -0.39 is 11.4 Å². The Morgan fingerprint density at radius 3 is 2.40 bits per heavy atom. The SMILES string of the molecule is CC(CC1CCCCC1)C(=O)NCCC(C)(C)C(=O)O. The smallest absolute Gasteiger partial charge is 0.309 e. The van der Waals surface area contributed by atoms with Crippen molar-refractivity contribution in [1.29, 1.82) is 0 Å². The summed E-state index contributed by atoms with van der Waals surface area (Å²) in [5.74, 6) is -0.0234. The van der Waals surface area contributed by atoms with Crippen LogP contribution >= 0.6 is 0 Å². The number of carboxylic acid groups (broad SMARTS) is 1. The van der Waals surface area contributed by atoms with Gasteiger partial charge in [-0.3, -0.25) is 9.59 Å². The molecule has 1 unspecified atom stereocenters. The molecule has 4 nitrogen and oxygen atoms in total. The monoisotopic (exact) mass is 283 g/mol. The fourth-order valence-electron chi connectivity index (χ4n) is 2.81. The van der Waals surface area contributed by atoms with Crippen molar-refractivity contribution < 1.29 is 14.7 Å². The van der Waals surface area contributed by atoms with Gasteiger partial charge in [0, 0.05) is 12.5 Å². The maximum absolute atomic E-state index is 12.0. The molecule has 1 aliphatic rings. The normalized spacial score (nSPS) is 18.6. The fraction of sp³-hybridized carbons (Fsp3) is 0.875. The summed E-state index contributed by atoms with van der Waals surface area (Å²) in [4.78, 5) is 23.0. The minimum Gasteiger partial charge on any atom is -0.481 e. The minimum absolute atomic E-state index is 0.0334. The Kier molecular flexibility index (Phi) is 6.50. The zero-order valence-corrected chi connectivity index (χ0v) is 13.1. The number of amides is 1. The van der Waals surface area contributed by atoms with Crippen LogP contribution in [0.15, 0.2) is 0 Å². The molecule has 1 aliphatic carbocycles. The summed E-state index contributed by atoms with van der Waals surface area (Å²) in [5.41, 5.74) is -0.778. The summed E-state index contributed by atoms with van der Waals surface area (Å²) in [6, 6.07) is 0. The standard InChI is InChI=1S/C16H29NO3/c1-12(11-13-7-5-4-6-8-13)14(18)17-10-9-16(2,3)15(19)20/h12-13H,4-11H2,1-3H3,(H,17,18)(H,19,20). The van der Waals surface area contributed by atoms with E-state index in [1.54, 1.807) is 13.8 Å². The van der Waals surface area contributed by atoms with E-state index in [-0.39, 0.29) is 11.8 Å². The highest BCUT2D eigenvalue weighted by Gasteiger charge is 2.27. The first-order valence-electron chi connectivity index (χ1n) is 7.84. The number of nitrogens with one attached hydrogen (secondary N) is 1. The molecule has 1 atom stereocenters. The van der Waals surface area contributed by atoms with Crippen LogP contribution in [0, 0.1) is 17.3 Å². The number of carboxylic acids is 1. The van der Waals surface area contributed by atoms with Crippen molar-refractivity contribution in [2.45, 2.75) is 65.7 Å². The van der Waals surface area contributed by atoms with Gasteiger partial charge < -0.3 is 10.4 Å². The van der Waals surface area contributed by atoms with E-state index in [0.29, 0.717) is 18.9 Å². The van der Waals surface area contributed by atoms with Gasteiger partial charge in [-0.2, -0.15) is 0 Å². The van der Waals surface area contributed by atoms with Crippen molar-refractivity contribution in [2.24, 2.45) is 17.3 Å². The van der Waals surface area contributed by atoms with Crippen LogP contribution < -0.4 is 5.32 Å². The zero-order chi connectivity index (χ0) is 15.2. The van der Waals surface area contributed by atoms with Crippen molar-refractivity contribution in [1.82, 2.24) is 5.32 Å². The summed E-state index contributed by atoms with van der Waals surface area (Å²) < 4.78 is 0. The predicted molar refractivity (Wildman–Crippen MR) is 79.4 cm³/mol. The van der Waals surface area contributed by atoms with Crippen molar-refractivity contribution in [3.05, 3.63) is 0 Å². The first-order valence-corrected chi connectivity index (χ1v) is 7.84. The van der Waals surface area contributed by atoms with E-state index in [1.807, 2.05) is 6.92 Å². The maximum Gasteiger partial charge on any atom is 0.309 e. The van der Waals surface area contributed by atoms with Crippen LogP contribution in [0.4, 0.5) is 0 Å². The number of aliphatic carboxylic acids is 1. The maximum atomic E-state index is 12.0. The van der Waals surface area contributed by atoms with Gasteiger partial charge in [0.2, 0.25) is 5.91 Å². The van der Waals surface area contributed by atoms with Crippen LogP contribution in [0.2, 0.25) is 0 Å². The first-order chi connectivity index (χ1) is 9.33. The Hall–Kier alpha value is -1.06. The summed E-state index contributed by atoms with van der Waals surface area (Å²) in [7, 11) is 0. The molecule has 2 N–H and O–H groups in total. The highest BCUT2D eigenvalue weighted by molar-refractivity contribution is 5.78. The molecular formula is C16H29NO3. The molecule has 1 saturated carbocycles. The molecule has 0 aliphatic heterocycles. The molecule has 0 aromatic rings. The highest BCUT2D eigenvalue weighted by atomic mass is 16.4. The van der Waals surface area contributed by atoms with E-state index in [4.69, 9.17) is 5.11 Å². The molecule has 0 aromatic carbocycles. The lowest BCUT2D eigenvalue weighted by atomic mass is 9.83. The number of hydrogen-bond donors (Lipinski definition) is 2. The summed E-state index contributed by atoms with van der Waals surface area (Å²) in [5, 5.41) is 11.9. The molecule has 0 aromatic heterocycles. The average molecular weight is 283 g/mol. The second-order valence-corrected chi connectivity index (χ2v) is 6.87. The molecular weight excluding hydrogens is 254 g/mol. The topological polar surface area (TPSA) is 66.4 Å². The Balaban J connectivity index is 2.26. The zero-order valence-electron chi connectivity index (χ0n) is 13.1. The van der Waals surface area contributed by atoms with Crippen LogP contribution in [0.5, 0.6) is 0 Å². The van der Waals surface area contributed by atoms with Gasteiger partial charge in [0.1, 0.15) is 0 Å². The van der Waals surface area contributed by atoms with Gasteiger partial charge in [0.05, 0.1) is 5.41 Å². The lowest BCUT2D eigenvalue weighted by Crippen LogP contribution is -2.35. The predicted octanol–water partition coefficient (Wildman–Crippen LogP) is 3.21. The van der Waals surface area contributed by atoms with E-state index >= 15 is 0 Å². The van der Waals surface area contributed by atoms with Gasteiger partial charge in [-0.05, 0) is 32.6 Å². The summed E-state index contributed by atoms with van der Waals surface area (Å²) in [6.07, 6.45) is 7.87. The lowest BCUT2D eigenvalue weighted by Gasteiger charge is -2.24. The summed E-state index contributed by atoms with van der Waals surface area (Å²) >= 11 is 0. The molecule has 20 heavy (non-hydrogen) atoms. The molecule has 0 spiro atoms. The Labute approximate surface area is 122 Å². The molecule has 4 heteroatoms. The van der Waals surface area contributed by atoms with Crippen LogP contribution in [0.1, 0.15) is 65.7 Å². The molecule has 1 amide bonds. The highest BCUT2D eigenvalue weighted by Crippen LogP contribution is 2.29. The quantitative estimate of drug-likeness (QED) is 0.754. The van der Waals surface area contributed by atoms with Gasteiger partial charge in [-0.25, -0.2) is 0 Å². The van der Waals surface area contributed by atoms with Gasteiger partial charge in [-0.1, -0.05) is 39.0 Å². The molecule has 1 rings (SSSR count). The molecule has 1 fully saturated rings. The van der Waals surface area contributed by atoms with Crippen molar-refractivity contribution in [3.8, 4) is 0 Å². The molecule has 0 radical (unpaired) electrons. The fourth-order valence-corrected chi connectivity index (χ4v) is 2.81. The van der Waals surface area contributed by atoms with Crippen LogP contribution in [0.25, 0.3) is 0 Å². The Morgan fingerprint density at radius 1 is 1.25 bits per heavy atom. The van der Waals surface area contributed by atoms with Crippen molar-refractivity contribution >= 4 is 11.9 Å². The third-order valence-electron chi connectivity index (χ3n) is 4.49. The number of carbonyl (C=O) groups is 2. The lowest BCUT2D eigenvalue weighted by molar-refractivity contribution is -0.147. The van der Waals surface area contributed by atoms with E-state index in [0.717, 1.165) is 6.42 Å². The Bertz CT molecular complexity index is 333. The van der Waals surface area contributed by atoms with Gasteiger partial charge in [0.15, 0.2) is 0 Å².